The summed E-state index contributed by atoms with van der Waals surface area (Å²) in [5.41, 5.74) is 5.63. The van der Waals surface area contributed by atoms with Gasteiger partial charge in [-0.05, 0) is 19.1 Å². The molecule has 7 heteroatoms. The van der Waals surface area contributed by atoms with Gasteiger partial charge in [0.25, 0.3) is 0 Å². The minimum Gasteiger partial charge on any atom is -0.444 e. The smallest absolute Gasteiger partial charge is 0.404 e. The maximum atomic E-state index is 10.8. The Morgan fingerprint density at radius 2 is 2.11 bits per heavy atom. The third-order valence-corrected chi connectivity index (χ3v) is 2.93. The van der Waals surface area contributed by atoms with Crippen molar-refractivity contribution in [2.24, 2.45) is 5.73 Å². The zero-order valence-corrected chi connectivity index (χ0v) is 12.1. The summed E-state index contributed by atoms with van der Waals surface area (Å²) in [4.78, 5) is 10.8. The summed E-state index contributed by atoms with van der Waals surface area (Å²) in [6.45, 7) is 1.67. The Bertz CT molecular complexity index is 442. The fourth-order valence-corrected chi connectivity index (χ4v) is 2.11. The Morgan fingerprint density at radius 1 is 1.42 bits per heavy atom. The van der Waals surface area contributed by atoms with E-state index in [9.17, 15) is 4.79 Å². The number of methoxy groups -OCH3 is 1. The monoisotopic (exact) mass is 307 g/mol. The van der Waals surface area contributed by atoms with Gasteiger partial charge in [-0.25, -0.2) is 4.79 Å². The van der Waals surface area contributed by atoms with E-state index in [0.717, 1.165) is 0 Å². The van der Waals surface area contributed by atoms with Gasteiger partial charge < -0.3 is 19.9 Å². The van der Waals surface area contributed by atoms with E-state index in [-0.39, 0.29) is 6.79 Å². The van der Waals surface area contributed by atoms with Crippen molar-refractivity contribution in [1.29, 1.82) is 0 Å². The number of nitrogens with two attached hydrogens (primary N) is 1. The van der Waals surface area contributed by atoms with E-state index in [4.69, 9.17) is 43.1 Å². The number of amides is 1. The van der Waals surface area contributed by atoms with Gasteiger partial charge in [0.1, 0.15) is 19.0 Å². The quantitative estimate of drug-likeness (QED) is 0.820. The maximum absolute atomic E-state index is 10.8. The minimum atomic E-state index is -0.886. The summed E-state index contributed by atoms with van der Waals surface area (Å²) < 4.78 is 15.2. The van der Waals surface area contributed by atoms with Crippen LogP contribution in [0.4, 0.5) is 4.79 Å². The number of hydrogen-bond acceptors (Lipinski definition) is 4. The molecule has 106 valence electrons. The minimum absolute atomic E-state index is 0.0239. The maximum Gasteiger partial charge on any atom is 0.404 e. The van der Waals surface area contributed by atoms with Gasteiger partial charge in [0.15, 0.2) is 0 Å². The molecule has 0 saturated carbocycles. The Kier molecular flexibility index (Phi) is 6.37. The number of carbonyl (C=O) groups excluding carboxylic acids is 1. The number of ether oxygens (including phenoxy) is 3. The molecule has 0 aliphatic rings. The lowest BCUT2D eigenvalue weighted by molar-refractivity contribution is -0.111. The molecule has 0 saturated heterocycles. The second-order valence-electron chi connectivity index (χ2n) is 3.80. The van der Waals surface area contributed by atoms with Gasteiger partial charge >= 0.3 is 6.09 Å². The number of benzene rings is 1. The van der Waals surface area contributed by atoms with Crippen molar-refractivity contribution in [3.05, 3.63) is 33.8 Å². The third-order valence-electron chi connectivity index (χ3n) is 2.36. The average Bonchev–Trinajstić information content (AvgIpc) is 2.31. The van der Waals surface area contributed by atoms with Gasteiger partial charge in [-0.3, -0.25) is 0 Å². The Balaban J connectivity index is 2.97. The van der Waals surface area contributed by atoms with E-state index >= 15 is 0 Å². The molecule has 0 bridgehead atoms. The summed E-state index contributed by atoms with van der Waals surface area (Å²) in [6.07, 6.45) is -2.10. The zero-order chi connectivity index (χ0) is 14.4. The first-order valence-electron chi connectivity index (χ1n) is 5.47. The second-order valence-corrected chi connectivity index (χ2v) is 4.65. The first-order chi connectivity index (χ1) is 8.95. The molecule has 0 aliphatic carbocycles. The summed E-state index contributed by atoms with van der Waals surface area (Å²) in [5, 5.41) is 0.913. The lowest BCUT2D eigenvalue weighted by atomic mass is 10.1. The Hall–Kier alpha value is -1.01. The molecule has 1 rings (SSSR count). The zero-order valence-electron chi connectivity index (χ0n) is 10.6. The molecule has 0 fully saturated rings. The van der Waals surface area contributed by atoms with Gasteiger partial charge in [-0.1, -0.05) is 29.3 Å². The largest absolute Gasteiger partial charge is 0.444 e. The van der Waals surface area contributed by atoms with Crippen LogP contribution in [-0.2, 0) is 14.2 Å². The third kappa shape index (κ3) is 4.87. The van der Waals surface area contributed by atoms with Crippen LogP contribution < -0.4 is 5.73 Å². The van der Waals surface area contributed by atoms with Gasteiger partial charge in [-0.15, -0.1) is 0 Å². The highest BCUT2D eigenvalue weighted by molar-refractivity contribution is 6.35. The first kappa shape index (κ1) is 16.0. The number of primary amides is 1. The molecule has 1 aromatic rings. The molecule has 0 radical (unpaired) electrons. The molecule has 0 heterocycles. The van der Waals surface area contributed by atoms with Crippen LogP contribution in [0.15, 0.2) is 18.2 Å². The first-order valence-corrected chi connectivity index (χ1v) is 6.23. The molecule has 0 aliphatic heterocycles. The number of carbonyl (C=O) groups is 1. The van der Waals surface area contributed by atoms with Crippen LogP contribution in [0.1, 0.15) is 18.6 Å². The molecule has 2 N–H and O–H groups in total. The predicted octanol–water partition coefficient (Wildman–Crippen LogP) is 3.14. The van der Waals surface area contributed by atoms with Crippen molar-refractivity contribution in [3.63, 3.8) is 0 Å². The van der Waals surface area contributed by atoms with E-state index in [1.165, 1.54) is 7.11 Å². The molecule has 5 nitrogen and oxygen atoms in total. The number of hydrogen-bond donors (Lipinski definition) is 1. The molecule has 19 heavy (non-hydrogen) atoms. The molecule has 0 aromatic heterocycles. The van der Waals surface area contributed by atoms with Crippen molar-refractivity contribution in [1.82, 2.24) is 0 Å². The van der Waals surface area contributed by atoms with Crippen LogP contribution in [-0.4, -0.2) is 26.1 Å². The van der Waals surface area contributed by atoms with Crippen LogP contribution in [0.2, 0.25) is 10.0 Å². The lowest BCUT2D eigenvalue weighted by Gasteiger charge is -2.24. The molecule has 1 aromatic carbocycles. The van der Waals surface area contributed by atoms with E-state index in [1.54, 1.807) is 25.1 Å². The van der Waals surface area contributed by atoms with E-state index in [0.29, 0.717) is 15.6 Å². The SMILES string of the molecule is COCOC(c1ccc(Cl)cc1Cl)C(C)OC(N)=O. The van der Waals surface area contributed by atoms with Gasteiger partial charge in [0, 0.05) is 22.7 Å². The van der Waals surface area contributed by atoms with Crippen molar-refractivity contribution in [2.45, 2.75) is 19.1 Å². The van der Waals surface area contributed by atoms with Crippen molar-refractivity contribution in [2.75, 3.05) is 13.9 Å². The predicted molar refractivity (Wildman–Crippen MR) is 72.3 cm³/mol. The highest BCUT2D eigenvalue weighted by Gasteiger charge is 2.25. The van der Waals surface area contributed by atoms with E-state index in [2.05, 4.69) is 0 Å². The normalized spacial score (nSPS) is 13.9. The standard InChI is InChI=1S/C12H15Cl2NO4/c1-7(19-12(15)16)11(18-6-17-2)9-4-3-8(13)5-10(9)14/h3-5,7,11H,6H2,1-2H3,(H2,15,16). The van der Waals surface area contributed by atoms with E-state index < -0.39 is 18.3 Å². The summed E-state index contributed by atoms with van der Waals surface area (Å²) in [7, 11) is 1.49. The van der Waals surface area contributed by atoms with Crippen molar-refractivity contribution < 1.29 is 19.0 Å². The van der Waals surface area contributed by atoms with Crippen LogP contribution in [0.25, 0.3) is 0 Å². The molecule has 2 atom stereocenters. The summed E-state index contributed by atoms with van der Waals surface area (Å²) in [6, 6.07) is 4.95. The average molecular weight is 308 g/mol. The molecular weight excluding hydrogens is 293 g/mol. The number of halogens is 2. The van der Waals surface area contributed by atoms with Gasteiger partial charge in [0.05, 0.1) is 0 Å². The highest BCUT2D eigenvalue weighted by atomic mass is 35.5. The topological polar surface area (TPSA) is 70.8 Å². The summed E-state index contributed by atoms with van der Waals surface area (Å²) >= 11 is 11.9. The van der Waals surface area contributed by atoms with Gasteiger partial charge in [-0.2, -0.15) is 0 Å². The molecule has 2 unspecified atom stereocenters. The van der Waals surface area contributed by atoms with Crippen LogP contribution in [0.5, 0.6) is 0 Å². The van der Waals surface area contributed by atoms with Crippen molar-refractivity contribution in [3.8, 4) is 0 Å². The van der Waals surface area contributed by atoms with E-state index in [1.807, 2.05) is 0 Å². The van der Waals surface area contributed by atoms with Crippen molar-refractivity contribution >= 4 is 29.3 Å². The fraction of sp³-hybridized carbons (Fsp3) is 0.417. The second kappa shape index (κ2) is 7.55. The Morgan fingerprint density at radius 3 is 2.63 bits per heavy atom. The molecule has 0 spiro atoms. The van der Waals surface area contributed by atoms with Crippen LogP contribution >= 0.6 is 23.2 Å². The molecule has 1 amide bonds. The lowest BCUT2D eigenvalue weighted by Crippen LogP contribution is -2.28. The van der Waals surface area contributed by atoms with Gasteiger partial charge in [0.2, 0.25) is 0 Å². The van der Waals surface area contributed by atoms with Crippen LogP contribution in [0, 0.1) is 0 Å². The molecular formula is C12H15Cl2NO4. The highest BCUT2D eigenvalue weighted by Crippen LogP contribution is 2.31. The van der Waals surface area contributed by atoms with Crippen LogP contribution in [0.3, 0.4) is 0 Å². The Labute approximate surface area is 121 Å². The fourth-order valence-electron chi connectivity index (χ4n) is 1.60. The summed E-state index contributed by atoms with van der Waals surface area (Å²) in [5.74, 6) is 0. The number of rotatable bonds is 6.